The van der Waals surface area contributed by atoms with Crippen LogP contribution < -0.4 is 15.6 Å². The number of carbonyl (C=O) groups excluding carboxylic acids is 2. The molecular formula is C21H19N8O7S2+. The normalized spacial score (nSPS) is 19.2. The molecule has 5 rings (SSSR count). The molecule has 196 valence electrons. The maximum Gasteiger partial charge on any atom is 0.352 e. The largest absolute Gasteiger partial charge is 0.479 e. The summed E-state index contributed by atoms with van der Waals surface area (Å²) in [5.74, 6) is -3.99. The van der Waals surface area contributed by atoms with Gasteiger partial charge in [0.15, 0.2) is 5.13 Å². The van der Waals surface area contributed by atoms with Crippen molar-refractivity contribution in [3.05, 3.63) is 53.9 Å². The summed E-state index contributed by atoms with van der Waals surface area (Å²) in [7, 11) is 0. The van der Waals surface area contributed by atoms with Gasteiger partial charge in [0, 0.05) is 28.9 Å². The van der Waals surface area contributed by atoms with E-state index in [4.69, 9.17) is 10.8 Å². The minimum absolute atomic E-state index is 0.0325. The lowest BCUT2D eigenvalue weighted by molar-refractivity contribution is -0.662. The lowest BCUT2D eigenvalue weighted by atomic mass is 10.0. The number of fused-ring (bicyclic) bond motifs is 2. The predicted molar refractivity (Wildman–Crippen MR) is 132 cm³/mol. The second kappa shape index (κ2) is 10.1. The third kappa shape index (κ3) is 4.63. The van der Waals surface area contributed by atoms with E-state index in [0.29, 0.717) is 11.3 Å². The molecule has 2 aliphatic rings. The third-order valence-corrected chi connectivity index (χ3v) is 7.56. The zero-order valence-corrected chi connectivity index (χ0v) is 20.9. The predicted octanol–water partition coefficient (Wildman–Crippen LogP) is -1.10. The van der Waals surface area contributed by atoms with Gasteiger partial charge >= 0.3 is 11.9 Å². The van der Waals surface area contributed by atoms with Crippen LogP contribution in [-0.2, 0) is 30.6 Å². The van der Waals surface area contributed by atoms with Gasteiger partial charge in [-0.2, -0.15) is 9.36 Å². The van der Waals surface area contributed by atoms with E-state index < -0.39 is 47.5 Å². The Kier molecular flexibility index (Phi) is 6.68. The van der Waals surface area contributed by atoms with Crippen molar-refractivity contribution in [2.45, 2.75) is 18.0 Å². The number of carbonyl (C=O) groups is 4. The fraction of sp³-hybridized carbons (Fsp3) is 0.238. The van der Waals surface area contributed by atoms with Crippen LogP contribution in [0, 0.1) is 0 Å². The average Bonchev–Trinajstić information content (AvgIpc) is 3.50. The summed E-state index contributed by atoms with van der Waals surface area (Å²) in [4.78, 5) is 58.7. The van der Waals surface area contributed by atoms with E-state index >= 15 is 0 Å². The van der Waals surface area contributed by atoms with Crippen LogP contribution in [0.3, 0.4) is 0 Å². The number of aromatic nitrogens is 4. The van der Waals surface area contributed by atoms with E-state index in [1.165, 1.54) is 11.8 Å². The van der Waals surface area contributed by atoms with E-state index in [2.05, 4.69) is 24.7 Å². The molecule has 3 aromatic rings. The molecule has 0 bridgehead atoms. The molecule has 0 radical (unpaired) electrons. The number of nitrogens with zero attached hydrogens (tertiary/aromatic N) is 6. The van der Waals surface area contributed by atoms with Gasteiger partial charge in [0.05, 0.1) is 6.20 Å². The van der Waals surface area contributed by atoms with Crippen molar-refractivity contribution in [3.8, 4) is 0 Å². The van der Waals surface area contributed by atoms with Crippen LogP contribution in [0.2, 0.25) is 0 Å². The lowest BCUT2D eigenvalue weighted by Gasteiger charge is -2.49. The van der Waals surface area contributed by atoms with Crippen LogP contribution in [0.15, 0.2) is 53.2 Å². The monoisotopic (exact) mass is 559 g/mol. The molecule has 2 atom stereocenters. The van der Waals surface area contributed by atoms with E-state index in [1.54, 1.807) is 0 Å². The average molecular weight is 560 g/mol. The summed E-state index contributed by atoms with van der Waals surface area (Å²) in [5, 5.41) is 24.1. The van der Waals surface area contributed by atoms with Crippen LogP contribution >= 0.6 is 23.3 Å². The summed E-state index contributed by atoms with van der Waals surface area (Å²) >= 11 is 2.09. The van der Waals surface area contributed by atoms with Crippen LogP contribution in [0.5, 0.6) is 0 Å². The number of hydrogen-bond acceptors (Lipinski definition) is 11. The van der Waals surface area contributed by atoms with Gasteiger partial charge in [-0.15, -0.1) is 11.8 Å². The zero-order valence-electron chi connectivity index (χ0n) is 19.3. The quantitative estimate of drug-likeness (QED) is 0.107. The number of nitrogen functional groups attached to an aromatic ring is 1. The number of pyridine rings is 1. The summed E-state index contributed by atoms with van der Waals surface area (Å²) in [6, 6.07) is 4.58. The van der Waals surface area contributed by atoms with Crippen LogP contribution in [-0.4, -0.2) is 82.1 Å². The first-order valence-electron chi connectivity index (χ1n) is 10.9. The number of β-lactam (4-membered cyclic amide) rings is 1. The van der Waals surface area contributed by atoms with Crippen LogP contribution in [0.4, 0.5) is 5.13 Å². The molecule has 5 N–H and O–H groups in total. The molecule has 1 fully saturated rings. The Morgan fingerprint density at radius 1 is 1.29 bits per heavy atom. The number of anilines is 1. The number of nitrogens with two attached hydrogens (primary N) is 1. The van der Waals surface area contributed by atoms with Gasteiger partial charge in [0.1, 0.15) is 36.1 Å². The Morgan fingerprint density at radius 3 is 2.82 bits per heavy atom. The molecule has 0 unspecified atom stereocenters. The number of hydrogen-bond donors (Lipinski definition) is 4. The van der Waals surface area contributed by atoms with Crippen molar-refractivity contribution < 1.29 is 38.8 Å². The van der Waals surface area contributed by atoms with Crippen molar-refractivity contribution in [3.63, 3.8) is 0 Å². The van der Waals surface area contributed by atoms with E-state index in [-0.39, 0.29) is 23.2 Å². The van der Waals surface area contributed by atoms with Crippen LogP contribution in [0.1, 0.15) is 5.82 Å². The minimum Gasteiger partial charge on any atom is -0.479 e. The van der Waals surface area contributed by atoms with E-state index in [9.17, 15) is 24.3 Å². The summed E-state index contributed by atoms with van der Waals surface area (Å²) in [6.07, 6.45) is 5.54. The highest BCUT2D eigenvalue weighted by Gasteiger charge is 2.54. The molecule has 0 spiro atoms. The Morgan fingerprint density at radius 2 is 2.11 bits per heavy atom. The molecule has 5 heterocycles. The standard InChI is InChI=1S/C21H18N8O7S2/c22-21-24-16(26-38-21)13(25-36-8-12(30)31)17(32)23-14-18(33)29-15(20(34)35)10(9-37-19(14)29)7-28-6-5-27-4-2-1-3-11(27)28/h1-6,14,19H,7-9H2,(H4-,22,23,24,26,30,31,32,34,35)/p+1/b25-13-/t14-,19-/m1/s1. The molecule has 0 saturated carbocycles. The highest BCUT2D eigenvalue weighted by Crippen LogP contribution is 2.40. The number of nitrogens with one attached hydrogen (secondary N) is 1. The van der Waals surface area contributed by atoms with Gasteiger partial charge in [-0.25, -0.2) is 18.6 Å². The van der Waals surface area contributed by atoms with Crippen molar-refractivity contribution in [2.24, 2.45) is 5.16 Å². The van der Waals surface area contributed by atoms with E-state index in [1.807, 2.05) is 45.8 Å². The lowest BCUT2D eigenvalue weighted by Crippen LogP contribution is -2.71. The second-order valence-corrected chi connectivity index (χ2v) is 9.96. The zero-order chi connectivity index (χ0) is 27.0. The molecule has 0 aromatic carbocycles. The van der Waals surface area contributed by atoms with Crippen molar-refractivity contribution in [1.29, 1.82) is 0 Å². The Bertz CT molecular complexity index is 1530. The molecule has 2 aliphatic heterocycles. The number of rotatable bonds is 9. The van der Waals surface area contributed by atoms with E-state index in [0.717, 1.165) is 22.1 Å². The highest BCUT2D eigenvalue weighted by molar-refractivity contribution is 8.00. The van der Waals surface area contributed by atoms with Crippen molar-refractivity contribution in [1.82, 2.24) is 24.0 Å². The Hall–Kier alpha value is -4.51. The number of imidazole rings is 1. The maximum absolute atomic E-state index is 13.1. The third-order valence-electron chi connectivity index (χ3n) is 5.68. The number of amides is 2. The first-order valence-corrected chi connectivity index (χ1v) is 12.7. The summed E-state index contributed by atoms with van der Waals surface area (Å²) in [5.41, 5.74) is 6.37. The second-order valence-electron chi connectivity index (χ2n) is 8.07. The highest BCUT2D eigenvalue weighted by atomic mass is 32.2. The maximum atomic E-state index is 13.1. The molecule has 38 heavy (non-hydrogen) atoms. The Balaban J connectivity index is 1.36. The molecule has 3 aromatic heterocycles. The van der Waals surface area contributed by atoms with Crippen molar-refractivity contribution in [2.75, 3.05) is 18.1 Å². The van der Waals surface area contributed by atoms with Crippen molar-refractivity contribution >= 4 is 63.5 Å². The van der Waals surface area contributed by atoms with Gasteiger partial charge < -0.3 is 26.1 Å². The SMILES string of the molecule is Nc1nc(/C(=N/OCC(=O)O)C(=O)N[C@@H]2C(=O)N3C(C(=O)O)=C(C[n+]4ccn5ccccc54)CS[C@H]23)ns1. The van der Waals surface area contributed by atoms with Gasteiger partial charge in [-0.3, -0.25) is 14.5 Å². The first kappa shape index (κ1) is 25.2. The molecule has 15 nitrogen and oxygen atoms in total. The summed E-state index contributed by atoms with van der Waals surface area (Å²) in [6.45, 7) is -0.562. The Labute approximate surface area is 221 Å². The molecule has 17 heteroatoms. The number of carboxylic acids is 2. The van der Waals surface area contributed by atoms with Gasteiger partial charge in [-0.05, 0) is 6.07 Å². The fourth-order valence-corrected chi connectivity index (χ4v) is 5.84. The van der Waals surface area contributed by atoms with Gasteiger partial charge in [-0.1, -0.05) is 11.2 Å². The molecule has 1 saturated heterocycles. The number of carboxylic acid groups (broad SMARTS) is 2. The molecule has 2 amide bonds. The number of thioether (sulfide) groups is 1. The summed E-state index contributed by atoms with van der Waals surface area (Å²) < 4.78 is 7.66. The molecule has 0 aliphatic carbocycles. The smallest absolute Gasteiger partial charge is 0.352 e. The fourth-order valence-electron chi connectivity index (χ4n) is 4.07. The van der Waals surface area contributed by atoms with Gasteiger partial charge in [0.2, 0.25) is 18.1 Å². The molecular weight excluding hydrogens is 540 g/mol. The minimum atomic E-state index is -1.32. The van der Waals surface area contributed by atoms with Crippen LogP contribution in [0.25, 0.3) is 5.65 Å². The van der Waals surface area contributed by atoms with Gasteiger partial charge in [0.25, 0.3) is 17.5 Å². The number of oxime groups is 1. The first-order chi connectivity index (χ1) is 18.2. The number of aliphatic carboxylic acids is 2. The topological polar surface area (TPSA) is 206 Å².